The lowest BCUT2D eigenvalue weighted by atomic mass is 9.99. The van der Waals surface area contributed by atoms with Crippen LogP contribution >= 0.6 is 0 Å². The smallest absolute Gasteiger partial charge is 0.333 e. The van der Waals surface area contributed by atoms with Gasteiger partial charge in [-0.1, -0.05) is 0 Å². The molecule has 4 N–H and O–H groups in total. The Bertz CT molecular complexity index is 1020. The third kappa shape index (κ3) is 7.08. The maximum absolute atomic E-state index is 15.8. The number of esters is 1. The summed E-state index contributed by atoms with van der Waals surface area (Å²) >= 11 is 0. The van der Waals surface area contributed by atoms with Gasteiger partial charge >= 0.3 is 5.97 Å². The Kier molecular flexibility index (Phi) is 9.31. The highest BCUT2D eigenvalue weighted by Crippen LogP contribution is 2.34. The fraction of sp³-hybridized carbons (Fsp3) is 0.462. The molecule has 2 aromatic carbocycles. The number of likely N-dealkylation sites (tertiary alicyclic amines) is 1. The van der Waals surface area contributed by atoms with Crippen molar-refractivity contribution < 1.29 is 23.4 Å². The molecule has 1 aliphatic rings. The lowest BCUT2D eigenvalue weighted by molar-refractivity contribution is -0.144. The van der Waals surface area contributed by atoms with Gasteiger partial charge in [-0.05, 0) is 70.6 Å². The van der Waals surface area contributed by atoms with Gasteiger partial charge < -0.3 is 30.2 Å². The zero-order chi connectivity index (χ0) is 25.4. The van der Waals surface area contributed by atoms with Gasteiger partial charge in [-0.3, -0.25) is 5.41 Å². The van der Waals surface area contributed by atoms with Crippen LogP contribution < -0.4 is 20.5 Å². The lowest BCUT2D eigenvalue weighted by Crippen LogP contribution is -2.34. The number of nitrogen functional groups attached to an aromatic ring is 1. The van der Waals surface area contributed by atoms with E-state index in [1.165, 1.54) is 12.1 Å². The van der Waals surface area contributed by atoms with Crippen LogP contribution in [0.1, 0.15) is 43.9 Å². The summed E-state index contributed by atoms with van der Waals surface area (Å²) in [6.45, 7) is 6.37. The van der Waals surface area contributed by atoms with Crippen LogP contribution in [0.5, 0.6) is 11.5 Å². The highest BCUT2D eigenvalue weighted by molar-refractivity contribution is 5.95. The fourth-order valence-corrected chi connectivity index (χ4v) is 4.18. The molecule has 35 heavy (non-hydrogen) atoms. The van der Waals surface area contributed by atoms with Crippen molar-refractivity contribution in [3.63, 3.8) is 0 Å². The van der Waals surface area contributed by atoms with E-state index in [-0.39, 0.29) is 23.8 Å². The van der Waals surface area contributed by atoms with Gasteiger partial charge in [0.25, 0.3) is 0 Å². The fourth-order valence-electron chi connectivity index (χ4n) is 4.18. The number of amidine groups is 1. The monoisotopic (exact) mass is 486 g/mol. The Balaban J connectivity index is 1.92. The van der Waals surface area contributed by atoms with Gasteiger partial charge in [0.2, 0.25) is 0 Å². The standard InChI is InChI=1S/C26H35FN4O4/c1-4-33-20-13-21(23(27)22(14-20)35-16-17-7-6-12-31(3)15-17)24(26(32)34-5-2)30-19-10-8-18(9-11-19)25(28)29/h8-11,13-14,17,24,30H,4-7,12,15-16H2,1-3H3,(H3,28,29). The van der Waals surface area contributed by atoms with Gasteiger partial charge in [0.1, 0.15) is 11.6 Å². The predicted octanol–water partition coefficient (Wildman–Crippen LogP) is 3.95. The van der Waals surface area contributed by atoms with E-state index in [4.69, 9.17) is 25.4 Å². The number of rotatable bonds is 11. The second-order valence-electron chi connectivity index (χ2n) is 8.66. The first-order valence-electron chi connectivity index (χ1n) is 12.0. The average molecular weight is 487 g/mol. The van der Waals surface area contributed by atoms with Crippen LogP contribution in [0.3, 0.4) is 0 Å². The quantitative estimate of drug-likeness (QED) is 0.251. The maximum Gasteiger partial charge on any atom is 0.333 e. The third-order valence-electron chi connectivity index (χ3n) is 5.89. The van der Waals surface area contributed by atoms with E-state index in [2.05, 4.69) is 17.3 Å². The third-order valence-corrected chi connectivity index (χ3v) is 5.89. The molecule has 0 aliphatic carbocycles. The van der Waals surface area contributed by atoms with Crippen molar-refractivity contribution in [1.29, 1.82) is 5.41 Å². The minimum atomic E-state index is -1.14. The van der Waals surface area contributed by atoms with Crippen molar-refractivity contribution in [1.82, 2.24) is 4.90 Å². The number of hydrogen-bond acceptors (Lipinski definition) is 7. The Labute approximate surface area is 206 Å². The van der Waals surface area contributed by atoms with Crippen LogP contribution in [-0.2, 0) is 9.53 Å². The van der Waals surface area contributed by atoms with Gasteiger partial charge in [-0.25, -0.2) is 9.18 Å². The molecule has 1 aliphatic heterocycles. The highest BCUT2D eigenvalue weighted by atomic mass is 19.1. The Morgan fingerprint density at radius 2 is 1.97 bits per heavy atom. The van der Waals surface area contributed by atoms with E-state index >= 15 is 4.39 Å². The lowest BCUT2D eigenvalue weighted by Gasteiger charge is -2.29. The van der Waals surface area contributed by atoms with Crippen molar-refractivity contribution in [3.8, 4) is 11.5 Å². The molecular formula is C26H35FN4O4. The largest absolute Gasteiger partial charge is 0.494 e. The minimum absolute atomic E-state index is 0.0437. The molecule has 0 saturated carbocycles. The first-order valence-corrected chi connectivity index (χ1v) is 12.0. The molecule has 1 fully saturated rings. The molecule has 190 valence electrons. The number of carbonyl (C=O) groups excluding carboxylic acids is 1. The first kappa shape index (κ1) is 26.3. The molecule has 2 aromatic rings. The molecule has 8 nitrogen and oxygen atoms in total. The van der Waals surface area contributed by atoms with Crippen molar-refractivity contribution in [2.75, 3.05) is 45.3 Å². The number of nitrogens with one attached hydrogen (secondary N) is 2. The molecule has 2 unspecified atom stereocenters. The SMILES string of the molecule is CCOC(=O)C(Nc1ccc(C(=N)N)cc1)c1cc(OCC)cc(OCC2CCCN(C)C2)c1F. The van der Waals surface area contributed by atoms with Gasteiger partial charge in [0.15, 0.2) is 17.6 Å². The highest BCUT2D eigenvalue weighted by Gasteiger charge is 2.29. The molecule has 0 bridgehead atoms. The van der Waals surface area contributed by atoms with Crippen LogP contribution in [-0.4, -0.2) is 56.7 Å². The maximum atomic E-state index is 15.8. The van der Waals surface area contributed by atoms with E-state index < -0.39 is 17.8 Å². The van der Waals surface area contributed by atoms with Crippen LogP contribution in [0.4, 0.5) is 10.1 Å². The van der Waals surface area contributed by atoms with Crippen molar-refractivity contribution in [2.45, 2.75) is 32.7 Å². The summed E-state index contributed by atoms with van der Waals surface area (Å²) in [6, 6.07) is 8.53. The number of benzene rings is 2. The second kappa shape index (κ2) is 12.4. The van der Waals surface area contributed by atoms with E-state index in [1.54, 1.807) is 31.2 Å². The number of piperidine rings is 1. The summed E-state index contributed by atoms with van der Waals surface area (Å²) in [7, 11) is 2.07. The zero-order valence-corrected chi connectivity index (χ0v) is 20.6. The molecule has 0 amide bonds. The van der Waals surface area contributed by atoms with Crippen LogP contribution in [0, 0.1) is 17.1 Å². The number of nitrogens with zero attached hydrogens (tertiary/aromatic N) is 1. The summed E-state index contributed by atoms with van der Waals surface area (Å²) in [5.41, 5.74) is 6.68. The normalized spacial score (nSPS) is 16.9. The summed E-state index contributed by atoms with van der Waals surface area (Å²) in [4.78, 5) is 15.1. The average Bonchev–Trinajstić information content (AvgIpc) is 2.83. The van der Waals surface area contributed by atoms with Gasteiger partial charge in [0, 0.05) is 35.3 Å². The summed E-state index contributed by atoms with van der Waals surface area (Å²) in [6.07, 6.45) is 2.10. The molecule has 1 saturated heterocycles. The molecule has 9 heteroatoms. The summed E-state index contributed by atoms with van der Waals surface area (Å²) in [5.74, 6) is -0.588. The number of anilines is 1. The van der Waals surface area contributed by atoms with Gasteiger partial charge in [-0.15, -0.1) is 0 Å². The molecule has 0 aromatic heterocycles. The number of ether oxygens (including phenoxy) is 3. The van der Waals surface area contributed by atoms with Crippen molar-refractivity contribution in [2.24, 2.45) is 11.7 Å². The van der Waals surface area contributed by atoms with E-state index in [0.29, 0.717) is 36.1 Å². The zero-order valence-electron chi connectivity index (χ0n) is 20.6. The van der Waals surface area contributed by atoms with E-state index in [1.807, 2.05) is 6.92 Å². The van der Waals surface area contributed by atoms with E-state index in [0.717, 1.165) is 25.9 Å². The van der Waals surface area contributed by atoms with Crippen LogP contribution in [0.2, 0.25) is 0 Å². The molecule has 3 rings (SSSR count). The van der Waals surface area contributed by atoms with Crippen molar-refractivity contribution >= 4 is 17.5 Å². The first-order chi connectivity index (χ1) is 16.8. The number of halogens is 1. The molecule has 0 spiro atoms. The summed E-state index contributed by atoms with van der Waals surface area (Å²) < 4.78 is 32.6. The predicted molar refractivity (Wildman–Crippen MR) is 134 cm³/mol. The van der Waals surface area contributed by atoms with Crippen LogP contribution in [0.25, 0.3) is 0 Å². The minimum Gasteiger partial charge on any atom is -0.494 e. The molecular weight excluding hydrogens is 451 g/mol. The second-order valence-corrected chi connectivity index (χ2v) is 8.66. The number of hydrogen-bond donors (Lipinski definition) is 3. The Hall–Kier alpha value is -3.33. The topological polar surface area (TPSA) is 110 Å². The number of carbonyl (C=O) groups is 1. The summed E-state index contributed by atoms with van der Waals surface area (Å²) in [5, 5.41) is 10.6. The number of nitrogens with two attached hydrogens (primary N) is 1. The van der Waals surface area contributed by atoms with E-state index in [9.17, 15) is 4.79 Å². The molecule has 2 atom stereocenters. The van der Waals surface area contributed by atoms with Gasteiger partial charge in [0.05, 0.1) is 19.8 Å². The van der Waals surface area contributed by atoms with Gasteiger partial charge in [-0.2, -0.15) is 0 Å². The van der Waals surface area contributed by atoms with Crippen LogP contribution in [0.15, 0.2) is 36.4 Å². The Morgan fingerprint density at radius 1 is 1.23 bits per heavy atom. The Morgan fingerprint density at radius 3 is 2.60 bits per heavy atom. The molecule has 1 heterocycles. The molecule has 0 radical (unpaired) electrons. The van der Waals surface area contributed by atoms with Crippen molar-refractivity contribution in [3.05, 3.63) is 53.3 Å².